The van der Waals surface area contributed by atoms with Crippen LogP contribution in [0.15, 0.2) is 30.3 Å². The summed E-state index contributed by atoms with van der Waals surface area (Å²) in [5, 5.41) is 13.0. The highest BCUT2D eigenvalue weighted by molar-refractivity contribution is 7.23. The van der Waals surface area contributed by atoms with Crippen molar-refractivity contribution in [1.29, 1.82) is 0 Å². The molecule has 0 unspecified atom stereocenters. The smallest absolute Gasteiger partial charge is 0.293 e. The van der Waals surface area contributed by atoms with Crippen molar-refractivity contribution < 1.29 is 19.2 Å². The van der Waals surface area contributed by atoms with Crippen molar-refractivity contribution in [2.75, 3.05) is 69.4 Å². The van der Waals surface area contributed by atoms with Gasteiger partial charge in [-0.3, -0.25) is 24.7 Å². The molecule has 2 aromatic carbocycles. The predicted octanol–water partition coefficient (Wildman–Crippen LogP) is 4.84. The number of hydrogen-bond acceptors (Lipinski definition) is 9. The summed E-state index contributed by atoms with van der Waals surface area (Å²) in [6, 6.07) is 8.27. The summed E-state index contributed by atoms with van der Waals surface area (Å²) >= 11 is 7.76. The van der Waals surface area contributed by atoms with Gasteiger partial charge in [0.1, 0.15) is 17.0 Å². The van der Waals surface area contributed by atoms with E-state index >= 15 is 0 Å². The fourth-order valence-corrected chi connectivity index (χ4v) is 6.21. The Labute approximate surface area is 229 Å². The quantitative estimate of drug-likeness (QED) is 0.285. The van der Waals surface area contributed by atoms with E-state index in [4.69, 9.17) is 26.1 Å². The number of carbonyl (C=O) groups excluding carboxylic acids is 1. The molecule has 3 aromatic rings. The van der Waals surface area contributed by atoms with Gasteiger partial charge in [-0.25, -0.2) is 4.98 Å². The molecule has 202 valence electrons. The normalized spacial score (nSPS) is 16.5. The Morgan fingerprint density at radius 3 is 2.66 bits per heavy atom. The maximum absolute atomic E-state index is 13.9. The van der Waals surface area contributed by atoms with E-state index in [-0.39, 0.29) is 17.2 Å². The third-order valence-electron chi connectivity index (χ3n) is 7.00. The van der Waals surface area contributed by atoms with Crippen LogP contribution in [-0.4, -0.2) is 80.3 Å². The van der Waals surface area contributed by atoms with Gasteiger partial charge < -0.3 is 14.4 Å². The van der Waals surface area contributed by atoms with Crippen LogP contribution < -0.4 is 14.5 Å². The zero-order chi connectivity index (χ0) is 26.6. The van der Waals surface area contributed by atoms with Crippen LogP contribution in [0.1, 0.15) is 29.6 Å². The van der Waals surface area contributed by atoms with Crippen molar-refractivity contribution in [3.8, 4) is 5.75 Å². The lowest BCUT2D eigenvalue weighted by atomic mass is 10.1. The lowest BCUT2D eigenvalue weighted by molar-refractivity contribution is -0.384. The third kappa shape index (κ3) is 5.56. The number of aromatic nitrogens is 1. The van der Waals surface area contributed by atoms with Crippen molar-refractivity contribution in [3.63, 3.8) is 0 Å². The molecule has 0 atom stereocenters. The van der Waals surface area contributed by atoms with Gasteiger partial charge in [0.05, 0.1) is 35.0 Å². The first-order valence-corrected chi connectivity index (χ1v) is 13.9. The zero-order valence-electron chi connectivity index (χ0n) is 21.2. The summed E-state index contributed by atoms with van der Waals surface area (Å²) in [7, 11) is 1.56. The minimum atomic E-state index is -0.402. The molecule has 2 fully saturated rings. The minimum Gasteiger partial charge on any atom is -0.494 e. The van der Waals surface area contributed by atoms with E-state index in [9.17, 15) is 14.9 Å². The molecule has 2 aliphatic heterocycles. The van der Waals surface area contributed by atoms with Crippen molar-refractivity contribution in [2.45, 2.75) is 19.3 Å². The van der Waals surface area contributed by atoms with Gasteiger partial charge in [-0.1, -0.05) is 22.9 Å². The summed E-state index contributed by atoms with van der Waals surface area (Å²) in [5.41, 5.74) is 1.33. The number of thiazole rings is 1. The van der Waals surface area contributed by atoms with Crippen LogP contribution in [-0.2, 0) is 4.74 Å². The van der Waals surface area contributed by atoms with Gasteiger partial charge in [-0.05, 0) is 43.5 Å². The van der Waals surface area contributed by atoms with Crippen LogP contribution in [0.3, 0.4) is 0 Å². The van der Waals surface area contributed by atoms with E-state index in [2.05, 4.69) is 4.90 Å². The Morgan fingerprint density at radius 2 is 1.95 bits per heavy atom. The molecule has 0 N–H and O–H groups in total. The Kier molecular flexibility index (Phi) is 8.27. The van der Waals surface area contributed by atoms with Crippen molar-refractivity contribution in [3.05, 3.63) is 51.0 Å². The number of halogens is 1. The number of methoxy groups -OCH3 is 1. The van der Waals surface area contributed by atoms with E-state index in [1.807, 2.05) is 4.90 Å². The van der Waals surface area contributed by atoms with Gasteiger partial charge in [0.2, 0.25) is 0 Å². The molecule has 1 amide bonds. The van der Waals surface area contributed by atoms with E-state index < -0.39 is 4.92 Å². The largest absolute Gasteiger partial charge is 0.494 e. The van der Waals surface area contributed by atoms with E-state index in [0.717, 1.165) is 50.1 Å². The number of amides is 1. The Balaban J connectivity index is 1.50. The van der Waals surface area contributed by atoms with Crippen molar-refractivity contribution >= 4 is 55.6 Å². The number of morpholine rings is 1. The summed E-state index contributed by atoms with van der Waals surface area (Å²) in [5.74, 6) is 0.217. The fraction of sp³-hybridized carbons (Fsp3) is 0.462. The van der Waals surface area contributed by atoms with Crippen LogP contribution in [0.4, 0.5) is 16.5 Å². The SMILES string of the molecule is COc1ccc(Cl)c2sc(N(CCN3CCOCC3)C(=O)c3ccc(N4CCCCC4)c([N+](=O)[O-])c3)nc12. The maximum atomic E-state index is 13.9. The number of nitrogens with zero attached hydrogens (tertiary/aromatic N) is 5. The molecule has 12 heteroatoms. The second kappa shape index (κ2) is 11.8. The number of hydrogen-bond donors (Lipinski definition) is 0. The number of fused-ring (bicyclic) bond motifs is 1. The zero-order valence-corrected chi connectivity index (χ0v) is 22.8. The van der Waals surface area contributed by atoms with Crippen molar-refractivity contribution in [1.82, 2.24) is 9.88 Å². The second-order valence-corrected chi connectivity index (χ2v) is 10.7. The van der Waals surface area contributed by atoms with Crippen LogP contribution in [0.2, 0.25) is 5.02 Å². The molecule has 0 saturated carbocycles. The summed E-state index contributed by atoms with van der Waals surface area (Å²) in [6.45, 7) is 5.36. The molecule has 0 spiro atoms. The lowest BCUT2D eigenvalue weighted by Crippen LogP contribution is -2.43. The number of benzene rings is 2. The first kappa shape index (κ1) is 26.6. The van der Waals surface area contributed by atoms with Crippen LogP contribution >= 0.6 is 22.9 Å². The summed E-state index contributed by atoms with van der Waals surface area (Å²) < 4.78 is 11.6. The number of anilines is 2. The molecule has 0 bridgehead atoms. The fourth-order valence-electron chi connectivity index (χ4n) is 4.93. The van der Waals surface area contributed by atoms with E-state index in [0.29, 0.717) is 53.4 Å². The number of carbonyl (C=O) groups is 1. The monoisotopic (exact) mass is 559 g/mol. The highest BCUT2D eigenvalue weighted by Crippen LogP contribution is 2.39. The first-order valence-electron chi connectivity index (χ1n) is 12.7. The standard InChI is InChI=1S/C26H30ClN5O5S/c1-36-22-8-6-19(27)24-23(22)28-26(38-24)31(12-11-29-13-15-37-16-14-29)25(33)18-5-7-20(21(17-18)32(34)35)30-9-3-2-4-10-30/h5-8,17H,2-4,9-16H2,1H3. The van der Waals surface area contributed by atoms with E-state index in [1.165, 1.54) is 17.4 Å². The Morgan fingerprint density at radius 1 is 1.18 bits per heavy atom. The lowest BCUT2D eigenvalue weighted by Gasteiger charge is -2.30. The second-order valence-electron chi connectivity index (χ2n) is 9.34. The van der Waals surface area contributed by atoms with E-state index in [1.54, 1.807) is 36.3 Å². The first-order chi connectivity index (χ1) is 18.5. The molecule has 2 aliphatic rings. The van der Waals surface area contributed by atoms with Crippen LogP contribution in [0.25, 0.3) is 10.2 Å². The third-order valence-corrected chi connectivity index (χ3v) is 8.54. The highest BCUT2D eigenvalue weighted by Gasteiger charge is 2.28. The van der Waals surface area contributed by atoms with Gasteiger partial charge in [-0.15, -0.1) is 0 Å². The Hall–Kier alpha value is -2.99. The van der Waals surface area contributed by atoms with Gasteiger partial charge in [-0.2, -0.15) is 0 Å². The number of nitro groups is 1. The molecule has 0 aliphatic carbocycles. The molecule has 5 rings (SSSR count). The van der Waals surface area contributed by atoms with Crippen LogP contribution in [0.5, 0.6) is 5.75 Å². The predicted molar refractivity (Wildman–Crippen MR) is 149 cm³/mol. The number of ether oxygens (including phenoxy) is 2. The molecule has 0 radical (unpaired) electrons. The van der Waals surface area contributed by atoms with Gasteiger partial charge in [0.15, 0.2) is 5.13 Å². The number of rotatable bonds is 8. The van der Waals surface area contributed by atoms with Crippen LogP contribution in [0, 0.1) is 10.1 Å². The van der Waals surface area contributed by atoms with Crippen molar-refractivity contribution in [2.24, 2.45) is 0 Å². The maximum Gasteiger partial charge on any atom is 0.293 e. The number of nitro benzene ring substituents is 1. The molecule has 3 heterocycles. The minimum absolute atomic E-state index is 0.0557. The molecule has 38 heavy (non-hydrogen) atoms. The summed E-state index contributed by atoms with van der Waals surface area (Å²) in [6.07, 6.45) is 3.11. The molecule has 2 saturated heterocycles. The topological polar surface area (TPSA) is 101 Å². The van der Waals surface area contributed by atoms with Gasteiger partial charge in [0.25, 0.3) is 11.6 Å². The average molecular weight is 560 g/mol. The molecule has 1 aromatic heterocycles. The average Bonchev–Trinajstić information content (AvgIpc) is 3.40. The highest BCUT2D eigenvalue weighted by atomic mass is 35.5. The van der Waals surface area contributed by atoms with Gasteiger partial charge in [0, 0.05) is 50.9 Å². The van der Waals surface area contributed by atoms with Gasteiger partial charge >= 0.3 is 0 Å². The number of piperidine rings is 1. The molecule has 10 nitrogen and oxygen atoms in total. The summed E-state index contributed by atoms with van der Waals surface area (Å²) in [4.78, 5) is 36.2. The molecular formula is C26H30ClN5O5S. The Bertz CT molecular complexity index is 1320. The molecular weight excluding hydrogens is 530 g/mol.